The van der Waals surface area contributed by atoms with Gasteiger partial charge in [0.1, 0.15) is 12.4 Å². The van der Waals surface area contributed by atoms with Crippen LogP contribution >= 0.6 is 11.6 Å². The predicted octanol–water partition coefficient (Wildman–Crippen LogP) is 3.33. The molecule has 6 nitrogen and oxygen atoms in total. The summed E-state index contributed by atoms with van der Waals surface area (Å²) in [6, 6.07) is 10.1. The molecule has 1 aliphatic rings. The number of carbonyl (C=O) groups is 2. The van der Waals surface area contributed by atoms with Crippen LogP contribution in [0.15, 0.2) is 36.4 Å². The topological polar surface area (TPSA) is 71.1 Å². The summed E-state index contributed by atoms with van der Waals surface area (Å²) in [6.07, 6.45) is 0.458. The van der Waals surface area contributed by atoms with Crippen molar-refractivity contribution in [2.24, 2.45) is 5.92 Å². The normalized spacial score (nSPS) is 15.3. The summed E-state index contributed by atoms with van der Waals surface area (Å²) in [6.45, 7) is -0.148. The van der Waals surface area contributed by atoms with Gasteiger partial charge in [-0.3, -0.25) is 9.59 Å². The molecule has 1 atom stereocenters. The number of esters is 1. The molecule has 3 rings (SSSR count). The van der Waals surface area contributed by atoms with E-state index in [0.29, 0.717) is 34.3 Å². The summed E-state index contributed by atoms with van der Waals surface area (Å²) in [7, 11) is 3.00. The third-order valence-corrected chi connectivity index (χ3v) is 4.55. The van der Waals surface area contributed by atoms with Gasteiger partial charge in [0.2, 0.25) is 0 Å². The number of hydrogen-bond acceptors (Lipinski definition) is 6. The summed E-state index contributed by atoms with van der Waals surface area (Å²) < 4.78 is 21.1. The third-order valence-electron chi connectivity index (χ3n) is 4.31. The molecule has 0 saturated carbocycles. The van der Waals surface area contributed by atoms with Crippen LogP contribution in [0.4, 0.5) is 0 Å². The van der Waals surface area contributed by atoms with E-state index in [2.05, 4.69) is 0 Å². The maximum Gasteiger partial charge on any atom is 0.313 e. The van der Waals surface area contributed by atoms with Crippen molar-refractivity contribution in [3.05, 3.63) is 52.5 Å². The Hall–Kier alpha value is -2.73. The molecular formula is C20H19ClO6. The Morgan fingerprint density at radius 1 is 1.11 bits per heavy atom. The summed E-state index contributed by atoms with van der Waals surface area (Å²) >= 11 is 5.99. The van der Waals surface area contributed by atoms with E-state index in [0.717, 1.165) is 5.56 Å². The van der Waals surface area contributed by atoms with Crippen LogP contribution < -0.4 is 14.2 Å². The summed E-state index contributed by atoms with van der Waals surface area (Å²) in [5.41, 5.74) is 1.22. The average molecular weight is 391 g/mol. The zero-order valence-electron chi connectivity index (χ0n) is 15.0. The van der Waals surface area contributed by atoms with E-state index in [1.165, 1.54) is 14.2 Å². The van der Waals surface area contributed by atoms with Gasteiger partial charge in [-0.25, -0.2) is 0 Å². The summed E-state index contributed by atoms with van der Waals surface area (Å²) in [5.74, 6) is 0.379. The van der Waals surface area contributed by atoms with Gasteiger partial charge in [0.15, 0.2) is 23.9 Å². The fraction of sp³-hybridized carbons (Fsp3) is 0.300. The molecule has 2 aromatic carbocycles. The average Bonchev–Trinajstić information content (AvgIpc) is 2.70. The number of benzene rings is 2. The van der Waals surface area contributed by atoms with Gasteiger partial charge < -0.3 is 18.9 Å². The second kappa shape index (κ2) is 8.31. The number of fused-ring (bicyclic) bond motifs is 1. The number of carbonyl (C=O) groups excluding carboxylic acids is 2. The first-order valence-electron chi connectivity index (χ1n) is 8.35. The van der Waals surface area contributed by atoms with E-state index in [9.17, 15) is 9.59 Å². The minimum Gasteiger partial charge on any atom is -0.493 e. The molecule has 2 aromatic rings. The van der Waals surface area contributed by atoms with Gasteiger partial charge in [0.25, 0.3) is 0 Å². The fourth-order valence-electron chi connectivity index (χ4n) is 2.86. The number of halogens is 1. The molecule has 27 heavy (non-hydrogen) atoms. The molecule has 0 fully saturated rings. The van der Waals surface area contributed by atoms with Gasteiger partial charge in [0, 0.05) is 10.6 Å². The molecular weight excluding hydrogens is 372 g/mol. The van der Waals surface area contributed by atoms with Crippen molar-refractivity contribution in [2.75, 3.05) is 27.4 Å². The highest BCUT2D eigenvalue weighted by molar-refractivity contribution is 6.30. The second-order valence-electron chi connectivity index (χ2n) is 6.06. The van der Waals surface area contributed by atoms with Crippen LogP contribution in [0.5, 0.6) is 17.2 Å². The molecule has 0 spiro atoms. The molecule has 7 heteroatoms. The molecule has 1 heterocycles. The largest absolute Gasteiger partial charge is 0.493 e. The Kier molecular flexibility index (Phi) is 5.86. The van der Waals surface area contributed by atoms with Crippen LogP contribution in [0.25, 0.3) is 0 Å². The van der Waals surface area contributed by atoms with Crippen molar-refractivity contribution < 1.29 is 28.5 Å². The molecule has 0 radical (unpaired) electrons. The predicted molar refractivity (Wildman–Crippen MR) is 99.0 cm³/mol. The first kappa shape index (κ1) is 19.0. The van der Waals surface area contributed by atoms with Crippen LogP contribution in [-0.2, 0) is 16.0 Å². The lowest BCUT2D eigenvalue weighted by Gasteiger charge is -2.24. The van der Waals surface area contributed by atoms with Crippen molar-refractivity contribution in [2.45, 2.75) is 6.42 Å². The van der Waals surface area contributed by atoms with Gasteiger partial charge >= 0.3 is 5.97 Å². The highest BCUT2D eigenvalue weighted by atomic mass is 35.5. The van der Waals surface area contributed by atoms with Crippen molar-refractivity contribution in [1.29, 1.82) is 0 Å². The quantitative estimate of drug-likeness (QED) is 0.556. The number of ketones is 1. The molecule has 0 saturated heterocycles. The Balaban J connectivity index is 1.60. The molecule has 0 aromatic heterocycles. The van der Waals surface area contributed by atoms with Crippen molar-refractivity contribution in [3.8, 4) is 17.2 Å². The van der Waals surface area contributed by atoms with Gasteiger partial charge in [-0.2, -0.15) is 0 Å². The Bertz CT molecular complexity index is 864. The van der Waals surface area contributed by atoms with Gasteiger partial charge in [-0.05, 0) is 48.4 Å². The van der Waals surface area contributed by atoms with Crippen molar-refractivity contribution in [1.82, 2.24) is 0 Å². The maximum absolute atomic E-state index is 12.3. The van der Waals surface area contributed by atoms with E-state index < -0.39 is 11.9 Å². The van der Waals surface area contributed by atoms with Crippen molar-refractivity contribution in [3.63, 3.8) is 0 Å². The highest BCUT2D eigenvalue weighted by Gasteiger charge is 2.28. The number of rotatable bonds is 6. The van der Waals surface area contributed by atoms with E-state index in [1.54, 1.807) is 36.4 Å². The number of ether oxygens (including phenoxy) is 4. The molecule has 0 unspecified atom stereocenters. The molecule has 142 valence electrons. The van der Waals surface area contributed by atoms with E-state index in [-0.39, 0.29) is 19.0 Å². The third kappa shape index (κ3) is 4.34. The maximum atomic E-state index is 12.3. The van der Waals surface area contributed by atoms with Gasteiger partial charge in [0.05, 0.1) is 20.1 Å². The highest BCUT2D eigenvalue weighted by Crippen LogP contribution is 2.30. The van der Waals surface area contributed by atoms with Crippen LogP contribution in [0.3, 0.4) is 0 Å². The zero-order valence-corrected chi connectivity index (χ0v) is 15.7. The Labute approximate surface area is 161 Å². The fourth-order valence-corrected chi connectivity index (χ4v) is 3.06. The lowest BCUT2D eigenvalue weighted by molar-refractivity contribution is -0.148. The molecule has 0 N–H and O–H groups in total. The molecule has 0 amide bonds. The first-order chi connectivity index (χ1) is 13.0. The standard InChI is InChI=1S/C20H19ClO6/c1-24-18-5-3-12(9-19(18)25-2)16(22)11-27-20(23)14-7-13-8-15(21)4-6-17(13)26-10-14/h3-6,8-9,14H,7,10-11H2,1-2H3/t14-/m1/s1. The van der Waals surface area contributed by atoms with Crippen LogP contribution in [0.1, 0.15) is 15.9 Å². The van der Waals surface area contributed by atoms with E-state index in [4.69, 9.17) is 30.5 Å². The van der Waals surface area contributed by atoms with Crippen LogP contribution in [0.2, 0.25) is 5.02 Å². The summed E-state index contributed by atoms with van der Waals surface area (Å²) in [5, 5.41) is 0.579. The van der Waals surface area contributed by atoms with Crippen LogP contribution in [-0.4, -0.2) is 39.2 Å². The molecule has 0 bridgehead atoms. The Morgan fingerprint density at radius 2 is 1.89 bits per heavy atom. The first-order valence-corrected chi connectivity index (χ1v) is 8.72. The number of hydrogen-bond donors (Lipinski definition) is 0. The zero-order chi connectivity index (χ0) is 19.4. The Morgan fingerprint density at radius 3 is 2.63 bits per heavy atom. The second-order valence-corrected chi connectivity index (χ2v) is 6.50. The lowest BCUT2D eigenvalue weighted by Crippen LogP contribution is -2.31. The number of Topliss-reactive ketones (excluding diaryl/α,β-unsaturated/α-hetero) is 1. The lowest BCUT2D eigenvalue weighted by atomic mass is 9.97. The van der Waals surface area contributed by atoms with E-state index >= 15 is 0 Å². The monoisotopic (exact) mass is 390 g/mol. The van der Waals surface area contributed by atoms with E-state index in [1.807, 2.05) is 0 Å². The minimum atomic E-state index is -0.478. The van der Waals surface area contributed by atoms with Gasteiger partial charge in [-0.15, -0.1) is 0 Å². The number of methoxy groups -OCH3 is 2. The molecule has 0 aliphatic carbocycles. The SMILES string of the molecule is COc1ccc(C(=O)COC(=O)[C@H]2COc3ccc(Cl)cc3C2)cc1OC. The minimum absolute atomic E-state index is 0.206. The van der Waals surface area contributed by atoms with Gasteiger partial charge in [-0.1, -0.05) is 11.6 Å². The summed E-state index contributed by atoms with van der Waals surface area (Å²) in [4.78, 5) is 24.6. The smallest absolute Gasteiger partial charge is 0.313 e. The molecule has 1 aliphatic heterocycles. The van der Waals surface area contributed by atoms with Crippen LogP contribution in [0, 0.1) is 5.92 Å². The van der Waals surface area contributed by atoms with Crippen molar-refractivity contribution >= 4 is 23.4 Å².